The zero-order chi connectivity index (χ0) is 23.2. The molecule has 1 N–H and O–H groups in total. The average Bonchev–Trinajstić information content (AvgIpc) is 3.07. The van der Waals surface area contributed by atoms with Crippen LogP contribution in [0.15, 0.2) is 34.9 Å². The van der Waals surface area contributed by atoms with Gasteiger partial charge in [-0.2, -0.15) is 0 Å². The highest BCUT2D eigenvalue weighted by Crippen LogP contribution is 2.54. The number of hydrogen-bond acceptors (Lipinski definition) is 9. The highest BCUT2D eigenvalue weighted by atomic mass is 32.2. The van der Waals surface area contributed by atoms with Crippen LogP contribution in [0.1, 0.15) is 25.3 Å². The Hall–Kier alpha value is -2.02. The van der Waals surface area contributed by atoms with Crippen molar-refractivity contribution in [3.8, 4) is 0 Å². The van der Waals surface area contributed by atoms with Gasteiger partial charge < -0.3 is 9.84 Å². The van der Waals surface area contributed by atoms with Crippen molar-refractivity contribution in [2.24, 2.45) is 11.8 Å². The van der Waals surface area contributed by atoms with Crippen molar-refractivity contribution in [2.75, 3.05) is 11.5 Å². The molecule has 0 unspecified atom stereocenters. The fraction of sp³-hybridized carbons (Fsp3) is 0.500. The second kappa shape index (κ2) is 8.73. The lowest BCUT2D eigenvalue weighted by molar-refractivity contribution is -0.384. The molecule has 3 atom stereocenters. The Labute approximate surface area is 194 Å². The Bertz CT molecular complexity index is 1080. The molecule has 0 saturated carbocycles. The number of nitrogens with zero attached hydrogens (tertiary/aromatic N) is 2. The Kier molecular flexibility index (Phi) is 6.31. The van der Waals surface area contributed by atoms with E-state index in [0.29, 0.717) is 24.1 Å². The Morgan fingerprint density at radius 1 is 1.34 bits per heavy atom. The van der Waals surface area contributed by atoms with Crippen LogP contribution in [-0.2, 0) is 26.0 Å². The predicted octanol–water partition coefficient (Wildman–Crippen LogP) is 2.39. The number of allylic oxidation sites excluding steroid dienone is 1. The Balaban J connectivity index is 1.54. The number of thiocarbonyl (C=S) groups is 1. The summed E-state index contributed by atoms with van der Waals surface area (Å²) in [6.07, 6.45) is 0.0960. The number of sulfone groups is 1. The Morgan fingerprint density at radius 2 is 1.97 bits per heavy atom. The number of benzene rings is 1. The molecule has 32 heavy (non-hydrogen) atoms. The molecule has 2 saturated heterocycles. The van der Waals surface area contributed by atoms with Gasteiger partial charge in [-0.3, -0.25) is 19.8 Å². The zero-order valence-corrected chi connectivity index (χ0v) is 19.6. The van der Waals surface area contributed by atoms with Gasteiger partial charge in [0.25, 0.3) is 5.69 Å². The van der Waals surface area contributed by atoms with Crippen molar-refractivity contribution >= 4 is 50.5 Å². The number of non-ortho nitro benzene ring substituents is 1. The highest BCUT2D eigenvalue weighted by molar-refractivity contribution is 8.04. The maximum absolute atomic E-state index is 12.8. The van der Waals surface area contributed by atoms with E-state index in [9.17, 15) is 28.4 Å². The van der Waals surface area contributed by atoms with Crippen molar-refractivity contribution in [3.63, 3.8) is 0 Å². The van der Waals surface area contributed by atoms with Crippen LogP contribution in [0.4, 0.5) is 5.69 Å². The second-order valence-corrected chi connectivity index (χ2v) is 12.0. The fourth-order valence-corrected chi connectivity index (χ4v) is 7.79. The number of amides is 1. The van der Waals surface area contributed by atoms with Crippen LogP contribution in [0.25, 0.3) is 0 Å². The summed E-state index contributed by atoms with van der Waals surface area (Å²) in [4.78, 5) is 25.5. The lowest BCUT2D eigenvalue weighted by atomic mass is 9.91. The molecule has 1 aromatic rings. The van der Waals surface area contributed by atoms with E-state index in [1.165, 1.54) is 23.9 Å². The number of carbonyl (C=O) groups excluding carboxylic acids is 1. The third kappa shape index (κ3) is 4.28. The third-order valence-corrected chi connectivity index (χ3v) is 9.51. The topological polar surface area (TPSA) is 127 Å². The van der Waals surface area contributed by atoms with Gasteiger partial charge in [-0.15, -0.1) is 11.8 Å². The first-order valence-corrected chi connectivity index (χ1v) is 13.2. The Morgan fingerprint density at radius 3 is 2.53 bits per heavy atom. The molecule has 1 aromatic carbocycles. The molecule has 172 valence electrons. The summed E-state index contributed by atoms with van der Waals surface area (Å²) in [5, 5.41) is 20.7. The fourth-order valence-electron chi connectivity index (χ4n) is 4.17. The van der Waals surface area contributed by atoms with Gasteiger partial charge in [0.1, 0.15) is 27.5 Å². The van der Waals surface area contributed by atoms with Crippen LogP contribution >= 0.6 is 24.0 Å². The van der Waals surface area contributed by atoms with Gasteiger partial charge in [0.2, 0.25) is 11.0 Å². The first kappa shape index (κ1) is 23.1. The van der Waals surface area contributed by atoms with Gasteiger partial charge in [0.05, 0.1) is 28.5 Å². The first-order valence-electron chi connectivity index (χ1n) is 10.1. The molecular weight excluding hydrogens is 476 g/mol. The van der Waals surface area contributed by atoms with Crippen molar-refractivity contribution < 1.29 is 28.0 Å². The zero-order valence-electron chi connectivity index (χ0n) is 17.2. The molecular formula is C20H22N2O7S3. The van der Waals surface area contributed by atoms with Crippen LogP contribution < -0.4 is 0 Å². The van der Waals surface area contributed by atoms with Crippen molar-refractivity contribution in [2.45, 2.75) is 37.9 Å². The largest absolute Gasteiger partial charge is 0.477 e. The number of aliphatic hydroxyl groups excluding tert-OH is 1. The van der Waals surface area contributed by atoms with Gasteiger partial charge in [0, 0.05) is 17.0 Å². The second-order valence-electron chi connectivity index (χ2n) is 8.12. The van der Waals surface area contributed by atoms with E-state index in [0.717, 1.165) is 4.91 Å². The molecule has 1 amide bonds. The number of nitro benzene ring substituents is 1. The minimum Gasteiger partial charge on any atom is -0.477 e. The number of nitro groups is 1. The van der Waals surface area contributed by atoms with E-state index in [4.69, 9.17) is 17.0 Å². The van der Waals surface area contributed by atoms with Crippen molar-refractivity contribution in [3.05, 3.63) is 50.5 Å². The molecule has 0 aromatic heterocycles. The smallest absolute Gasteiger partial charge is 0.269 e. The van der Waals surface area contributed by atoms with Gasteiger partial charge in [-0.1, -0.05) is 0 Å². The van der Waals surface area contributed by atoms with Crippen LogP contribution in [0.2, 0.25) is 0 Å². The van der Waals surface area contributed by atoms with Crippen molar-refractivity contribution in [1.29, 1.82) is 0 Å². The number of rotatable bonds is 6. The predicted molar refractivity (Wildman–Crippen MR) is 122 cm³/mol. The quantitative estimate of drug-likeness (QED) is 0.272. The number of aliphatic hydroxyl groups is 1. The summed E-state index contributed by atoms with van der Waals surface area (Å²) in [6.45, 7) is 1.65. The summed E-state index contributed by atoms with van der Waals surface area (Å²) >= 11 is 6.97. The van der Waals surface area contributed by atoms with E-state index in [1.54, 1.807) is 24.0 Å². The molecule has 9 nitrogen and oxygen atoms in total. The third-order valence-electron chi connectivity index (χ3n) is 5.96. The first-order chi connectivity index (χ1) is 15.1. The van der Waals surface area contributed by atoms with E-state index in [1.807, 2.05) is 0 Å². The van der Waals surface area contributed by atoms with Gasteiger partial charge >= 0.3 is 0 Å². The lowest BCUT2D eigenvalue weighted by Gasteiger charge is -2.44. The maximum Gasteiger partial charge on any atom is 0.269 e. The van der Waals surface area contributed by atoms with E-state index in [-0.39, 0.29) is 46.0 Å². The van der Waals surface area contributed by atoms with Crippen LogP contribution in [0.5, 0.6) is 0 Å². The summed E-state index contributed by atoms with van der Waals surface area (Å²) < 4.78 is 29.5. The minimum atomic E-state index is -3.05. The van der Waals surface area contributed by atoms with E-state index in [2.05, 4.69) is 0 Å². The number of thioether (sulfide) groups is 1. The van der Waals surface area contributed by atoms with Gasteiger partial charge in [-0.05, 0) is 55.6 Å². The molecule has 0 radical (unpaired) electrons. The molecule has 3 heterocycles. The molecule has 0 bridgehead atoms. The molecule has 3 aliphatic rings. The lowest BCUT2D eigenvalue weighted by Crippen LogP contribution is -2.60. The van der Waals surface area contributed by atoms with Crippen LogP contribution in [0.3, 0.4) is 0 Å². The highest BCUT2D eigenvalue weighted by Gasteiger charge is 2.58. The SMILES string of the molecule is C[C@@H](O)[C@H]1C(=O)N2C(C(=S)OCc3ccc([N+](=O)[O-])cc3)=C(C3CCS(=O)(=O)CC3)S[C@H]12. The molecule has 4 rings (SSSR count). The molecule has 12 heteroatoms. The summed E-state index contributed by atoms with van der Waals surface area (Å²) in [7, 11) is -3.05. The van der Waals surface area contributed by atoms with Crippen molar-refractivity contribution in [1.82, 2.24) is 4.90 Å². The number of β-lactam (4-membered cyclic amide) rings is 1. The summed E-state index contributed by atoms with van der Waals surface area (Å²) in [5.74, 6) is -0.648. The summed E-state index contributed by atoms with van der Waals surface area (Å²) in [6, 6.07) is 5.91. The number of carbonyl (C=O) groups is 1. The van der Waals surface area contributed by atoms with Crippen LogP contribution in [0, 0.1) is 22.0 Å². The standard InChI is InChI=1S/C20H22N2O7S3/c1-11(23)15-18(24)21-16(17(31-19(15)21)13-6-8-32(27,28)9-7-13)20(30)29-10-12-2-4-14(5-3-12)22(25)26/h2-5,11,13,15,19,23H,6-10H2,1H3/t11-,15+,19-/m1/s1. The number of fused-ring (bicyclic) bond motifs is 1. The average molecular weight is 499 g/mol. The molecule has 2 fully saturated rings. The molecule has 3 aliphatic heterocycles. The maximum atomic E-state index is 12.8. The monoisotopic (exact) mass is 498 g/mol. The number of hydrogen-bond donors (Lipinski definition) is 1. The van der Waals surface area contributed by atoms with E-state index >= 15 is 0 Å². The van der Waals surface area contributed by atoms with Gasteiger partial charge in [0.15, 0.2) is 0 Å². The molecule has 0 aliphatic carbocycles. The van der Waals surface area contributed by atoms with Crippen LogP contribution in [-0.4, -0.2) is 57.3 Å². The summed E-state index contributed by atoms with van der Waals surface area (Å²) in [5.41, 5.74) is 1.14. The van der Waals surface area contributed by atoms with E-state index < -0.39 is 26.8 Å². The number of ether oxygens (including phenoxy) is 1. The minimum absolute atomic E-state index is 0.0288. The normalized spacial score (nSPS) is 25.8. The molecule has 0 spiro atoms. The van der Waals surface area contributed by atoms with Gasteiger partial charge in [-0.25, -0.2) is 8.42 Å².